The summed E-state index contributed by atoms with van der Waals surface area (Å²) in [7, 11) is -4.60. The minimum atomic E-state index is -3.84. The fourth-order valence-electron chi connectivity index (χ4n) is 6.56. The van der Waals surface area contributed by atoms with Crippen molar-refractivity contribution in [3.63, 3.8) is 0 Å². The number of carbonyl (C=O) groups excluding carboxylic acids is 1. The molecule has 9 heteroatoms. The van der Waals surface area contributed by atoms with Crippen molar-refractivity contribution in [3.8, 4) is 16.9 Å². The Morgan fingerprint density at radius 2 is 1.44 bits per heavy atom. The van der Waals surface area contributed by atoms with Crippen LogP contribution in [0.1, 0.15) is 64.5 Å². The highest BCUT2D eigenvalue weighted by molar-refractivity contribution is 7.91. The van der Waals surface area contributed by atoms with Crippen molar-refractivity contribution in [1.82, 2.24) is 4.31 Å². The van der Waals surface area contributed by atoms with Gasteiger partial charge in [0, 0.05) is 13.1 Å². The molecule has 266 valence electrons. The smallest absolute Gasteiger partial charge is 0.328 e. The molecule has 0 N–H and O–H groups in total. The topological polar surface area (TPSA) is 82.1 Å². The van der Waals surface area contributed by atoms with E-state index in [1.807, 2.05) is 24.3 Å². The molecule has 0 bridgehead atoms. The quantitative estimate of drug-likeness (QED) is 0.124. The van der Waals surface area contributed by atoms with Crippen LogP contribution in [0.5, 0.6) is 5.75 Å². The maximum Gasteiger partial charge on any atom is 0.328 e. The Morgan fingerprint density at radius 3 is 1.98 bits per heavy atom. The molecule has 0 saturated carbocycles. The SMILES string of the molecule is COC(=O)C(C)(C)S(=O)(=O)N1CCC(c2ccc(-c3cccc(OCC(O[SiH](c4ccccc4)c4ccccc4)C(C)(C)C)c3)c(C)c2)CC1. The van der Waals surface area contributed by atoms with Gasteiger partial charge in [-0.3, -0.25) is 4.79 Å². The Hall–Kier alpha value is -3.76. The first-order valence-electron chi connectivity index (χ1n) is 17.4. The number of methoxy groups -OCH3 is 1. The van der Waals surface area contributed by atoms with Crippen LogP contribution < -0.4 is 15.1 Å². The standard InChI is InChI=1S/C41H51NO6SSi/c1-30-27-32(31-23-25-42(26-24-31)49(44,45)41(5,6)39(43)46-7)21-22-37(30)33-15-14-16-34(28-33)47-29-38(40(2,3)4)48-50(35-17-10-8-11-18-35)36-19-12-9-13-20-36/h8-22,27-28,31,38,50H,23-26,29H2,1-7H3. The Bertz CT molecular complexity index is 1810. The summed E-state index contributed by atoms with van der Waals surface area (Å²) in [5, 5.41) is 2.49. The second kappa shape index (κ2) is 15.6. The predicted molar refractivity (Wildman–Crippen MR) is 204 cm³/mol. The lowest BCUT2D eigenvalue weighted by molar-refractivity contribution is -0.142. The number of sulfonamides is 1. The molecule has 1 atom stereocenters. The summed E-state index contributed by atoms with van der Waals surface area (Å²) in [5.41, 5.74) is 4.41. The Balaban J connectivity index is 1.27. The highest BCUT2D eigenvalue weighted by atomic mass is 32.2. The first-order valence-corrected chi connectivity index (χ1v) is 20.5. The van der Waals surface area contributed by atoms with Crippen LogP contribution in [-0.4, -0.2) is 65.4 Å². The van der Waals surface area contributed by atoms with E-state index in [2.05, 4.69) is 107 Å². The van der Waals surface area contributed by atoms with E-state index in [-0.39, 0.29) is 17.4 Å². The molecule has 1 fully saturated rings. The second-order valence-electron chi connectivity index (χ2n) is 14.8. The third-order valence-electron chi connectivity index (χ3n) is 9.85. The monoisotopic (exact) mass is 713 g/mol. The molecule has 7 nitrogen and oxygen atoms in total. The minimum Gasteiger partial charge on any atom is -0.491 e. The molecular weight excluding hydrogens is 663 g/mol. The fraction of sp³-hybridized carbons (Fsp3) is 0.390. The van der Waals surface area contributed by atoms with Crippen molar-refractivity contribution >= 4 is 35.4 Å². The first-order chi connectivity index (χ1) is 23.7. The van der Waals surface area contributed by atoms with E-state index in [0.29, 0.717) is 32.5 Å². The van der Waals surface area contributed by atoms with Crippen molar-refractivity contribution in [2.75, 3.05) is 26.8 Å². The molecule has 4 aromatic carbocycles. The van der Waals surface area contributed by atoms with Crippen LogP contribution in [0.25, 0.3) is 11.1 Å². The predicted octanol–water partition coefficient (Wildman–Crippen LogP) is 6.47. The van der Waals surface area contributed by atoms with Crippen molar-refractivity contribution in [3.05, 3.63) is 114 Å². The van der Waals surface area contributed by atoms with Gasteiger partial charge in [-0.05, 0) is 89.7 Å². The Kier molecular flexibility index (Phi) is 11.7. The minimum absolute atomic E-state index is 0.128. The van der Waals surface area contributed by atoms with Gasteiger partial charge in [0.15, 0.2) is 4.75 Å². The van der Waals surface area contributed by atoms with Gasteiger partial charge in [-0.25, -0.2) is 12.7 Å². The number of hydrogen-bond donors (Lipinski definition) is 0. The van der Waals surface area contributed by atoms with Crippen LogP contribution in [0.15, 0.2) is 103 Å². The van der Waals surface area contributed by atoms with Gasteiger partial charge in [-0.2, -0.15) is 0 Å². The molecule has 4 aromatic rings. The number of ether oxygens (including phenoxy) is 2. The largest absolute Gasteiger partial charge is 0.491 e. The van der Waals surface area contributed by atoms with Crippen LogP contribution in [0.2, 0.25) is 0 Å². The molecule has 1 heterocycles. The summed E-state index contributed by atoms with van der Waals surface area (Å²) in [6.07, 6.45) is 1.25. The van der Waals surface area contributed by atoms with Crippen molar-refractivity contribution in [1.29, 1.82) is 0 Å². The van der Waals surface area contributed by atoms with Crippen LogP contribution in [0, 0.1) is 12.3 Å². The van der Waals surface area contributed by atoms with Gasteiger partial charge in [-0.15, -0.1) is 0 Å². The molecule has 0 radical (unpaired) electrons. The highest BCUT2D eigenvalue weighted by Crippen LogP contribution is 2.35. The highest BCUT2D eigenvalue weighted by Gasteiger charge is 2.47. The van der Waals surface area contributed by atoms with Gasteiger partial charge in [0.2, 0.25) is 19.1 Å². The average molecular weight is 714 g/mol. The lowest BCUT2D eigenvalue weighted by Crippen LogP contribution is -2.52. The van der Waals surface area contributed by atoms with Gasteiger partial charge >= 0.3 is 5.97 Å². The second-order valence-corrected chi connectivity index (χ2v) is 19.6. The van der Waals surface area contributed by atoms with E-state index in [1.54, 1.807) is 0 Å². The maximum atomic E-state index is 13.2. The molecule has 50 heavy (non-hydrogen) atoms. The number of benzene rings is 4. The zero-order chi connectivity index (χ0) is 36.1. The Labute approximate surface area is 300 Å². The number of carbonyl (C=O) groups is 1. The normalized spacial score (nSPS) is 15.5. The molecule has 1 unspecified atom stereocenters. The van der Waals surface area contributed by atoms with E-state index in [9.17, 15) is 13.2 Å². The number of hydrogen-bond acceptors (Lipinski definition) is 6. The van der Waals surface area contributed by atoms with Crippen molar-refractivity contribution in [2.45, 2.75) is 71.2 Å². The molecule has 1 saturated heterocycles. The van der Waals surface area contributed by atoms with E-state index in [1.165, 1.54) is 41.2 Å². The summed E-state index contributed by atoms with van der Waals surface area (Å²) >= 11 is 0. The molecule has 0 spiro atoms. The summed E-state index contributed by atoms with van der Waals surface area (Å²) in [5.74, 6) is 0.285. The third kappa shape index (κ3) is 8.40. The molecule has 0 aromatic heterocycles. The number of piperidine rings is 1. The molecule has 0 aliphatic carbocycles. The van der Waals surface area contributed by atoms with Gasteiger partial charge in [0.05, 0.1) is 13.2 Å². The van der Waals surface area contributed by atoms with E-state index in [4.69, 9.17) is 13.9 Å². The Morgan fingerprint density at radius 1 is 0.840 bits per heavy atom. The molecule has 1 aliphatic rings. The van der Waals surface area contributed by atoms with E-state index in [0.717, 1.165) is 22.4 Å². The van der Waals surface area contributed by atoms with Crippen LogP contribution in [0.3, 0.4) is 0 Å². The van der Waals surface area contributed by atoms with Gasteiger partial charge in [-0.1, -0.05) is 112 Å². The average Bonchev–Trinajstić information content (AvgIpc) is 3.11. The zero-order valence-electron chi connectivity index (χ0n) is 30.4. The fourth-order valence-corrected chi connectivity index (χ4v) is 10.8. The van der Waals surface area contributed by atoms with Gasteiger partial charge < -0.3 is 13.9 Å². The van der Waals surface area contributed by atoms with E-state index < -0.39 is 29.8 Å². The van der Waals surface area contributed by atoms with Crippen LogP contribution in [0.4, 0.5) is 0 Å². The van der Waals surface area contributed by atoms with Crippen molar-refractivity contribution in [2.24, 2.45) is 5.41 Å². The third-order valence-corrected chi connectivity index (χ3v) is 14.9. The number of aryl methyl sites for hydroxylation is 1. The first kappa shape index (κ1) is 37.5. The lowest BCUT2D eigenvalue weighted by Gasteiger charge is -2.35. The number of esters is 1. The summed E-state index contributed by atoms with van der Waals surface area (Å²) in [6.45, 7) is 12.7. The molecule has 5 rings (SSSR count). The van der Waals surface area contributed by atoms with Gasteiger partial charge in [0.1, 0.15) is 12.4 Å². The van der Waals surface area contributed by atoms with Crippen molar-refractivity contribution < 1.29 is 27.1 Å². The maximum absolute atomic E-state index is 13.2. The summed E-state index contributed by atoms with van der Waals surface area (Å²) in [6, 6.07) is 35.8. The number of nitrogens with zero attached hydrogens (tertiary/aromatic N) is 1. The number of rotatable bonds is 12. The zero-order valence-corrected chi connectivity index (χ0v) is 32.4. The molecule has 0 amide bonds. The molecular formula is C41H51NO6SSi. The van der Waals surface area contributed by atoms with Gasteiger partial charge in [0.25, 0.3) is 0 Å². The van der Waals surface area contributed by atoms with E-state index >= 15 is 0 Å². The summed E-state index contributed by atoms with van der Waals surface area (Å²) < 4.78 is 44.6. The van der Waals surface area contributed by atoms with Crippen LogP contribution >= 0.6 is 0 Å². The van der Waals surface area contributed by atoms with Crippen LogP contribution in [-0.2, 0) is 24.0 Å². The molecule has 1 aliphatic heterocycles. The lowest BCUT2D eigenvalue weighted by atomic mass is 9.87. The summed E-state index contributed by atoms with van der Waals surface area (Å²) in [4.78, 5) is 12.2.